The summed E-state index contributed by atoms with van der Waals surface area (Å²) in [5.41, 5.74) is 0. The van der Waals surface area contributed by atoms with Gasteiger partial charge in [-0.15, -0.1) is 24.0 Å². The van der Waals surface area contributed by atoms with Crippen LogP contribution in [0.3, 0.4) is 0 Å². The molecule has 1 unspecified atom stereocenters. The highest BCUT2D eigenvalue weighted by atomic mass is 127. The smallest absolute Gasteiger partial charge is 0.191 e. The lowest BCUT2D eigenvalue weighted by Crippen LogP contribution is -2.45. The Morgan fingerprint density at radius 3 is 2.44 bits per heavy atom. The van der Waals surface area contributed by atoms with Gasteiger partial charge in [0, 0.05) is 26.2 Å². The van der Waals surface area contributed by atoms with Crippen molar-refractivity contribution in [3.8, 4) is 0 Å². The van der Waals surface area contributed by atoms with Crippen LogP contribution in [0.15, 0.2) is 4.99 Å². The zero-order valence-electron chi connectivity index (χ0n) is 17.2. The Bertz CT molecular complexity index is 339. The third-order valence-electron chi connectivity index (χ3n) is 5.21. The molecule has 1 aliphatic heterocycles. The second-order valence-corrected chi connectivity index (χ2v) is 7.24. The molecule has 1 rings (SSSR count). The number of halogens is 1. The van der Waals surface area contributed by atoms with Crippen LogP contribution < -0.4 is 10.6 Å². The van der Waals surface area contributed by atoms with Crippen molar-refractivity contribution in [3.05, 3.63) is 0 Å². The van der Waals surface area contributed by atoms with Crippen LogP contribution in [0.25, 0.3) is 0 Å². The summed E-state index contributed by atoms with van der Waals surface area (Å²) in [5.74, 6) is 1.84. The molecule has 150 valence electrons. The predicted octanol–water partition coefficient (Wildman–Crippen LogP) is 3.01. The fraction of sp³-hybridized carbons (Fsp3) is 0.947. The third-order valence-corrected chi connectivity index (χ3v) is 5.21. The van der Waals surface area contributed by atoms with Gasteiger partial charge in [0.1, 0.15) is 0 Å². The first-order valence-electron chi connectivity index (χ1n) is 10.0. The molecule has 1 heterocycles. The SMILES string of the molecule is CCN(CC)CCCC(C)NC(=NC)NCCN1CCC(C)CC1.I. The number of guanidine groups is 1. The lowest BCUT2D eigenvalue weighted by Gasteiger charge is -2.30. The van der Waals surface area contributed by atoms with E-state index in [1.165, 1.54) is 45.3 Å². The molecule has 5 nitrogen and oxygen atoms in total. The van der Waals surface area contributed by atoms with Gasteiger partial charge < -0.3 is 20.4 Å². The average Bonchev–Trinajstić information content (AvgIpc) is 2.59. The van der Waals surface area contributed by atoms with Gasteiger partial charge in [0.2, 0.25) is 0 Å². The summed E-state index contributed by atoms with van der Waals surface area (Å²) in [6.45, 7) is 17.2. The highest BCUT2D eigenvalue weighted by molar-refractivity contribution is 14.0. The van der Waals surface area contributed by atoms with Crippen LogP contribution in [0.4, 0.5) is 0 Å². The summed E-state index contributed by atoms with van der Waals surface area (Å²) in [6, 6.07) is 0.461. The molecule has 1 aliphatic rings. The van der Waals surface area contributed by atoms with E-state index in [1.807, 2.05) is 7.05 Å². The predicted molar refractivity (Wildman–Crippen MR) is 121 cm³/mol. The maximum Gasteiger partial charge on any atom is 0.191 e. The number of piperidine rings is 1. The molecule has 1 fully saturated rings. The molecule has 0 amide bonds. The fourth-order valence-corrected chi connectivity index (χ4v) is 3.28. The second-order valence-electron chi connectivity index (χ2n) is 7.24. The van der Waals surface area contributed by atoms with Gasteiger partial charge in [0.25, 0.3) is 0 Å². The van der Waals surface area contributed by atoms with E-state index in [1.54, 1.807) is 0 Å². The van der Waals surface area contributed by atoms with Gasteiger partial charge in [-0.1, -0.05) is 20.8 Å². The Hall–Kier alpha value is -0.0800. The maximum absolute atomic E-state index is 4.36. The molecule has 0 aromatic carbocycles. The maximum atomic E-state index is 4.36. The molecule has 0 saturated carbocycles. The van der Waals surface area contributed by atoms with Crippen molar-refractivity contribution in [2.24, 2.45) is 10.9 Å². The molecule has 1 saturated heterocycles. The van der Waals surface area contributed by atoms with Crippen molar-refractivity contribution >= 4 is 29.9 Å². The Kier molecular flexibility index (Phi) is 15.0. The number of nitrogens with one attached hydrogen (secondary N) is 2. The van der Waals surface area contributed by atoms with Crippen molar-refractivity contribution in [3.63, 3.8) is 0 Å². The Morgan fingerprint density at radius 2 is 1.88 bits per heavy atom. The lowest BCUT2D eigenvalue weighted by molar-refractivity contribution is 0.195. The molecule has 0 radical (unpaired) electrons. The summed E-state index contributed by atoms with van der Waals surface area (Å²) in [5, 5.41) is 6.99. The van der Waals surface area contributed by atoms with Crippen LogP contribution in [-0.4, -0.2) is 74.7 Å². The number of hydrogen-bond donors (Lipinski definition) is 2. The first-order chi connectivity index (χ1) is 11.6. The molecular formula is C19H42IN5. The number of nitrogens with zero attached hydrogens (tertiary/aromatic N) is 3. The van der Waals surface area contributed by atoms with E-state index in [0.717, 1.165) is 38.1 Å². The van der Waals surface area contributed by atoms with Crippen molar-refractivity contribution < 1.29 is 0 Å². The molecule has 0 bridgehead atoms. The molecule has 0 aromatic rings. The van der Waals surface area contributed by atoms with E-state index in [2.05, 4.69) is 53.1 Å². The van der Waals surface area contributed by atoms with Crippen LogP contribution in [0.5, 0.6) is 0 Å². The first kappa shape index (κ1) is 24.9. The first-order valence-corrected chi connectivity index (χ1v) is 10.0. The average molecular weight is 467 g/mol. The minimum absolute atomic E-state index is 0. The summed E-state index contributed by atoms with van der Waals surface area (Å²) in [6.07, 6.45) is 5.10. The minimum Gasteiger partial charge on any atom is -0.355 e. The summed E-state index contributed by atoms with van der Waals surface area (Å²) in [7, 11) is 1.86. The zero-order chi connectivity index (χ0) is 17.8. The largest absolute Gasteiger partial charge is 0.355 e. The molecule has 0 aromatic heterocycles. The quantitative estimate of drug-likeness (QED) is 0.295. The molecule has 25 heavy (non-hydrogen) atoms. The second kappa shape index (κ2) is 15.0. The highest BCUT2D eigenvalue weighted by Crippen LogP contribution is 2.15. The van der Waals surface area contributed by atoms with Crippen LogP contribution in [0.1, 0.15) is 53.4 Å². The van der Waals surface area contributed by atoms with Crippen LogP contribution >= 0.6 is 24.0 Å². The van der Waals surface area contributed by atoms with E-state index in [4.69, 9.17) is 0 Å². The van der Waals surface area contributed by atoms with Gasteiger partial charge in [-0.05, 0) is 71.2 Å². The molecular weight excluding hydrogens is 425 g/mol. The van der Waals surface area contributed by atoms with Gasteiger partial charge in [0.15, 0.2) is 5.96 Å². The fourth-order valence-electron chi connectivity index (χ4n) is 3.28. The number of rotatable bonds is 10. The van der Waals surface area contributed by atoms with Gasteiger partial charge in [0.05, 0.1) is 0 Å². The summed E-state index contributed by atoms with van der Waals surface area (Å²) < 4.78 is 0. The highest BCUT2D eigenvalue weighted by Gasteiger charge is 2.15. The van der Waals surface area contributed by atoms with Crippen LogP contribution in [-0.2, 0) is 0 Å². The Morgan fingerprint density at radius 1 is 1.24 bits per heavy atom. The van der Waals surface area contributed by atoms with Crippen molar-refractivity contribution in [2.75, 3.05) is 52.9 Å². The van der Waals surface area contributed by atoms with Crippen molar-refractivity contribution in [1.82, 2.24) is 20.4 Å². The summed E-state index contributed by atoms with van der Waals surface area (Å²) in [4.78, 5) is 9.41. The monoisotopic (exact) mass is 467 g/mol. The molecule has 2 N–H and O–H groups in total. The number of aliphatic imine (C=N–C) groups is 1. The van der Waals surface area contributed by atoms with Gasteiger partial charge in [-0.2, -0.15) is 0 Å². The van der Waals surface area contributed by atoms with Crippen molar-refractivity contribution in [2.45, 2.75) is 59.4 Å². The van der Waals surface area contributed by atoms with E-state index in [-0.39, 0.29) is 24.0 Å². The van der Waals surface area contributed by atoms with Gasteiger partial charge >= 0.3 is 0 Å². The van der Waals surface area contributed by atoms with Gasteiger partial charge in [-0.3, -0.25) is 4.99 Å². The molecule has 0 spiro atoms. The molecule has 0 aliphatic carbocycles. The molecule has 1 atom stereocenters. The van der Waals surface area contributed by atoms with E-state index < -0.39 is 0 Å². The standard InChI is InChI=1S/C19H41N5.HI/c1-6-23(7-2)13-8-9-18(4)22-19(20-5)21-12-16-24-14-10-17(3)11-15-24;/h17-18H,6-16H2,1-5H3,(H2,20,21,22);1H. The van der Waals surface area contributed by atoms with Crippen LogP contribution in [0, 0.1) is 5.92 Å². The Balaban J connectivity index is 0.00000576. The third kappa shape index (κ3) is 11.3. The number of likely N-dealkylation sites (tertiary alicyclic amines) is 1. The van der Waals surface area contributed by atoms with Crippen LogP contribution in [0.2, 0.25) is 0 Å². The van der Waals surface area contributed by atoms with E-state index in [9.17, 15) is 0 Å². The van der Waals surface area contributed by atoms with E-state index in [0.29, 0.717) is 6.04 Å². The van der Waals surface area contributed by atoms with Gasteiger partial charge in [-0.25, -0.2) is 0 Å². The Labute approximate surface area is 173 Å². The number of hydrogen-bond acceptors (Lipinski definition) is 3. The van der Waals surface area contributed by atoms with E-state index >= 15 is 0 Å². The minimum atomic E-state index is 0. The normalized spacial score (nSPS) is 18.1. The van der Waals surface area contributed by atoms with Crippen molar-refractivity contribution in [1.29, 1.82) is 0 Å². The topological polar surface area (TPSA) is 42.9 Å². The molecule has 6 heteroatoms. The lowest BCUT2D eigenvalue weighted by atomic mass is 9.99. The zero-order valence-corrected chi connectivity index (χ0v) is 19.5. The summed E-state index contributed by atoms with van der Waals surface area (Å²) >= 11 is 0.